The van der Waals surface area contributed by atoms with Crippen LogP contribution in [0.2, 0.25) is 0 Å². The van der Waals surface area contributed by atoms with E-state index in [1.54, 1.807) is 0 Å². The van der Waals surface area contributed by atoms with Crippen LogP contribution in [0.4, 0.5) is 0 Å². The SMILES string of the molecule is C=C1CC[C@H]2C[C@@H]1[C@H](c1ccc(C)cc1)O[C@]2(C)CC=C(C)C. The van der Waals surface area contributed by atoms with Gasteiger partial charge in [0.05, 0.1) is 11.7 Å². The van der Waals surface area contributed by atoms with Crippen molar-refractivity contribution in [1.29, 1.82) is 0 Å². The van der Waals surface area contributed by atoms with Gasteiger partial charge < -0.3 is 4.74 Å². The highest BCUT2D eigenvalue weighted by Gasteiger charge is 2.48. The number of hydrogen-bond donors (Lipinski definition) is 0. The van der Waals surface area contributed by atoms with Gasteiger partial charge in [0.25, 0.3) is 0 Å². The van der Waals surface area contributed by atoms with Crippen LogP contribution in [0.5, 0.6) is 0 Å². The van der Waals surface area contributed by atoms with E-state index >= 15 is 0 Å². The third kappa shape index (κ3) is 3.30. The van der Waals surface area contributed by atoms with E-state index in [4.69, 9.17) is 4.74 Å². The van der Waals surface area contributed by atoms with Gasteiger partial charge in [-0.05, 0) is 64.9 Å². The highest BCUT2D eigenvalue weighted by Crippen LogP contribution is 2.53. The molecule has 1 aromatic rings. The minimum Gasteiger partial charge on any atom is -0.366 e. The van der Waals surface area contributed by atoms with E-state index < -0.39 is 0 Å². The molecule has 4 atom stereocenters. The van der Waals surface area contributed by atoms with Crippen LogP contribution >= 0.6 is 0 Å². The van der Waals surface area contributed by atoms with E-state index in [-0.39, 0.29) is 11.7 Å². The molecule has 1 aliphatic carbocycles. The lowest BCUT2D eigenvalue weighted by Gasteiger charge is -2.52. The Bertz CT molecular complexity index is 605. The van der Waals surface area contributed by atoms with E-state index in [1.807, 2.05) is 0 Å². The van der Waals surface area contributed by atoms with E-state index in [0.29, 0.717) is 11.8 Å². The van der Waals surface area contributed by atoms with Crippen molar-refractivity contribution in [2.24, 2.45) is 11.8 Å². The Hall–Kier alpha value is -1.34. The lowest BCUT2D eigenvalue weighted by Crippen LogP contribution is -2.48. The second-order valence-electron chi connectivity index (χ2n) is 7.98. The van der Waals surface area contributed by atoms with Crippen LogP contribution in [-0.2, 0) is 4.74 Å². The van der Waals surface area contributed by atoms with Crippen molar-refractivity contribution >= 4 is 0 Å². The summed E-state index contributed by atoms with van der Waals surface area (Å²) in [7, 11) is 0. The second-order valence-corrected chi connectivity index (χ2v) is 7.98. The molecule has 0 aromatic heterocycles. The van der Waals surface area contributed by atoms with Gasteiger partial charge in [0.1, 0.15) is 0 Å². The van der Waals surface area contributed by atoms with Crippen LogP contribution in [0.1, 0.15) is 63.7 Å². The molecule has 1 heteroatoms. The zero-order chi connectivity index (χ0) is 16.6. The molecule has 0 unspecified atom stereocenters. The number of benzene rings is 1. The van der Waals surface area contributed by atoms with Gasteiger partial charge in [-0.2, -0.15) is 0 Å². The maximum atomic E-state index is 6.78. The minimum atomic E-state index is -0.0516. The topological polar surface area (TPSA) is 9.23 Å². The van der Waals surface area contributed by atoms with Crippen molar-refractivity contribution in [3.8, 4) is 0 Å². The second kappa shape index (κ2) is 6.28. The van der Waals surface area contributed by atoms with Gasteiger partial charge in [-0.15, -0.1) is 0 Å². The average molecular weight is 310 g/mol. The van der Waals surface area contributed by atoms with Crippen molar-refractivity contribution in [2.75, 3.05) is 0 Å². The molecule has 23 heavy (non-hydrogen) atoms. The fourth-order valence-electron chi connectivity index (χ4n) is 4.17. The fourth-order valence-corrected chi connectivity index (χ4v) is 4.17. The zero-order valence-electron chi connectivity index (χ0n) is 15.1. The van der Waals surface area contributed by atoms with Gasteiger partial charge in [0.2, 0.25) is 0 Å². The number of hydrogen-bond acceptors (Lipinski definition) is 1. The zero-order valence-corrected chi connectivity index (χ0v) is 15.1. The molecule has 1 nitrogen and oxygen atoms in total. The van der Waals surface area contributed by atoms with Gasteiger partial charge in [0, 0.05) is 5.92 Å². The minimum absolute atomic E-state index is 0.0516. The molecule has 0 N–H and O–H groups in total. The van der Waals surface area contributed by atoms with Crippen LogP contribution in [0, 0.1) is 18.8 Å². The number of aryl methyl sites for hydroxylation is 1. The molecule has 0 spiro atoms. The maximum Gasteiger partial charge on any atom is 0.0897 e. The molecule has 124 valence electrons. The third-order valence-electron chi connectivity index (χ3n) is 5.82. The smallest absolute Gasteiger partial charge is 0.0897 e. The number of fused-ring (bicyclic) bond motifs is 2. The molecular formula is C22H30O. The molecule has 1 aromatic carbocycles. The van der Waals surface area contributed by atoms with Crippen LogP contribution in [-0.4, -0.2) is 5.60 Å². The molecule has 1 heterocycles. The normalized spacial score (nSPS) is 33.4. The Labute approximate surface area is 141 Å². The van der Waals surface area contributed by atoms with E-state index in [9.17, 15) is 0 Å². The quantitative estimate of drug-likeness (QED) is 0.608. The van der Waals surface area contributed by atoms with Crippen molar-refractivity contribution in [3.63, 3.8) is 0 Å². The molecular weight excluding hydrogens is 280 g/mol. The summed E-state index contributed by atoms with van der Waals surface area (Å²) in [4.78, 5) is 0. The van der Waals surface area contributed by atoms with Crippen LogP contribution < -0.4 is 0 Å². The van der Waals surface area contributed by atoms with Gasteiger partial charge in [-0.25, -0.2) is 0 Å². The summed E-state index contributed by atoms with van der Waals surface area (Å²) >= 11 is 0. The molecule has 1 aliphatic heterocycles. The Morgan fingerprint density at radius 1 is 1.30 bits per heavy atom. The summed E-state index contributed by atoms with van der Waals surface area (Å²) in [5.74, 6) is 1.13. The highest BCUT2D eigenvalue weighted by atomic mass is 16.5. The average Bonchev–Trinajstić information content (AvgIpc) is 2.52. The lowest BCUT2D eigenvalue weighted by atomic mass is 9.65. The first kappa shape index (κ1) is 16.5. The molecule has 2 fully saturated rings. The van der Waals surface area contributed by atoms with Crippen LogP contribution in [0.15, 0.2) is 48.1 Å². The molecule has 0 amide bonds. The molecule has 2 aliphatic rings. The summed E-state index contributed by atoms with van der Waals surface area (Å²) in [6, 6.07) is 8.88. The van der Waals surface area contributed by atoms with Gasteiger partial charge >= 0.3 is 0 Å². The number of allylic oxidation sites excluding steroid dienone is 1. The summed E-state index contributed by atoms with van der Waals surface area (Å²) in [5.41, 5.74) is 5.33. The molecule has 0 radical (unpaired) electrons. The Kier molecular flexibility index (Phi) is 4.51. The lowest BCUT2D eigenvalue weighted by molar-refractivity contribution is -0.181. The van der Waals surface area contributed by atoms with Crippen molar-refractivity contribution in [3.05, 3.63) is 59.2 Å². The predicted molar refractivity (Wildman–Crippen MR) is 97.4 cm³/mol. The first-order valence-electron chi connectivity index (χ1n) is 8.94. The molecule has 2 bridgehead atoms. The summed E-state index contributed by atoms with van der Waals surface area (Å²) in [6.45, 7) is 13.2. The van der Waals surface area contributed by atoms with Crippen LogP contribution in [0.25, 0.3) is 0 Å². The van der Waals surface area contributed by atoms with Crippen molar-refractivity contribution in [1.82, 2.24) is 0 Å². The Morgan fingerprint density at radius 2 is 2.00 bits per heavy atom. The van der Waals surface area contributed by atoms with E-state index in [0.717, 1.165) is 12.8 Å². The Balaban J connectivity index is 1.92. The number of rotatable bonds is 3. The Morgan fingerprint density at radius 3 is 2.65 bits per heavy atom. The molecule has 1 saturated carbocycles. The van der Waals surface area contributed by atoms with Crippen molar-refractivity contribution < 1.29 is 4.74 Å². The first-order valence-corrected chi connectivity index (χ1v) is 8.94. The van der Waals surface area contributed by atoms with Gasteiger partial charge in [-0.3, -0.25) is 0 Å². The highest BCUT2D eigenvalue weighted by molar-refractivity contribution is 5.28. The third-order valence-corrected chi connectivity index (χ3v) is 5.82. The van der Waals surface area contributed by atoms with Crippen molar-refractivity contribution in [2.45, 2.75) is 65.1 Å². The summed E-state index contributed by atoms with van der Waals surface area (Å²) in [6.07, 6.45) is 7.13. The van der Waals surface area contributed by atoms with Crippen LogP contribution in [0.3, 0.4) is 0 Å². The van der Waals surface area contributed by atoms with Gasteiger partial charge in [-0.1, -0.05) is 53.6 Å². The van der Waals surface area contributed by atoms with Gasteiger partial charge in [0.15, 0.2) is 0 Å². The molecule has 1 saturated heterocycles. The largest absolute Gasteiger partial charge is 0.366 e. The number of ether oxygens (including phenoxy) is 1. The fraction of sp³-hybridized carbons (Fsp3) is 0.545. The maximum absolute atomic E-state index is 6.78. The first-order chi connectivity index (χ1) is 10.9. The monoisotopic (exact) mass is 310 g/mol. The molecule has 3 rings (SSSR count). The standard InChI is InChI=1S/C22H30O/c1-15(2)12-13-22(5)19-11-8-17(4)20(14-19)21(23-22)18-9-6-16(3)7-10-18/h6-7,9-10,12,19-21H,4,8,11,13-14H2,1-3,5H3/t19-,20-,21-,22+/m0/s1. The predicted octanol–water partition coefficient (Wildman–Crippen LogP) is 6.15. The van der Waals surface area contributed by atoms with E-state index in [2.05, 4.69) is 64.6 Å². The summed E-state index contributed by atoms with van der Waals surface area (Å²) < 4.78 is 6.78. The van der Waals surface area contributed by atoms with E-state index in [1.165, 1.54) is 35.1 Å². The summed E-state index contributed by atoms with van der Waals surface area (Å²) in [5, 5.41) is 0.